The molecule has 1 heterocycles. The van der Waals surface area contributed by atoms with Crippen molar-refractivity contribution in [2.45, 2.75) is 13.1 Å². The molecule has 3 aromatic carbocycles. The Morgan fingerprint density at radius 3 is 2.57 bits per heavy atom. The van der Waals surface area contributed by atoms with Crippen LogP contribution in [0.15, 0.2) is 75.0 Å². The quantitative estimate of drug-likeness (QED) is 0.166. The molecule has 11 heteroatoms. The van der Waals surface area contributed by atoms with Gasteiger partial charge in [-0.05, 0) is 57.9 Å². The number of benzene rings is 3. The fraction of sp³-hybridized carbons (Fsp3) is 0.0833. The zero-order chi connectivity index (χ0) is 25.3. The standard InChI is InChI=1S/C24H14BrClF3N3O3/c1-13(33)35-21-18(25)9-14(10-19(21)26)12-30-32-22(15-5-4-6-16(11-15)24(27,28)29)31-20-8-3-2-7-17(20)23(32)34/h2-12H,1H3. The van der Waals surface area contributed by atoms with Gasteiger partial charge in [0.1, 0.15) is 0 Å². The normalized spacial score (nSPS) is 11.8. The molecule has 0 aliphatic carbocycles. The first-order valence-corrected chi connectivity index (χ1v) is 11.1. The average molecular weight is 565 g/mol. The van der Waals surface area contributed by atoms with E-state index in [4.69, 9.17) is 16.3 Å². The molecule has 0 unspecified atom stereocenters. The Morgan fingerprint density at radius 1 is 1.14 bits per heavy atom. The van der Waals surface area contributed by atoms with Crippen LogP contribution in [0.3, 0.4) is 0 Å². The number of hydrogen-bond donors (Lipinski definition) is 0. The molecule has 0 N–H and O–H groups in total. The summed E-state index contributed by atoms with van der Waals surface area (Å²) in [6, 6.07) is 14.0. The van der Waals surface area contributed by atoms with E-state index < -0.39 is 23.3 Å². The van der Waals surface area contributed by atoms with E-state index in [1.807, 2.05) is 0 Å². The van der Waals surface area contributed by atoms with Gasteiger partial charge in [-0.25, -0.2) is 4.98 Å². The van der Waals surface area contributed by atoms with Gasteiger partial charge < -0.3 is 4.74 Å². The van der Waals surface area contributed by atoms with Crippen molar-refractivity contribution in [1.29, 1.82) is 0 Å². The van der Waals surface area contributed by atoms with E-state index in [1.54, 1.807) is 30.3 Å². The van der Waals surface area contributed by atoms with E-state index in [-0.39, 0.29) is 27.5 Å². The maximum absolute atomic E-state index is 13.3. The first-order valence-electron chi connectivity index (χ1n) is 9.96. The molecular weight excluding hydrogens is 551 g/mol. The number of ether oxygens (including phenoxy) is 1. The second-order valence-corrected chi connectivity index (χ2v) is 8.56. The number of alkyl halides is 3. The molecule has 0 saturated carbocycles. The van der Waals surface area contributed by atoms with Gasteiger partial charge in [0.25, 0.3) is 5.56 Å². The third-order valence-corrected chi connectivity index (χ3v) is 5.66. The SMILES string of the molecule is CC(=O)Oc1c(Cl)cc(C=Nn2c(-c3cccc(C(F)(F)F)c3)nc3ccccc3c2=O)cc1Br. The highest BCUT2D eigenvalue weighted by Crippen LogP contribution is 2.34. The molecule has 1 aromatic heterocycles. The number of aromatic nitrogens is 2. The molecule has 4 aromatic rings. The summed E-state index contributed by atoms with van der Waals surface area (Å²) < 4.78 is 46.3. The van der Waals surface area contributed by atoms with Crippen LogP contribution in [0, 0.1) is 0 Å². The Kier molecular flexibility index (Phi) is 6.77. The number of rotatable bonds is 4. The largest absolute Gasteiger partial charge is 0.424 e. The summed E-state index contributed by atoms with van der Waals surface area (Å²) in [5, 5.41) is 4.57. The number of fused-ring (bicyclic) bond motifs is 1. The van der Waals surface area contributed by atoms with Gasteiger partial charge in [-0.1, -0.05) is 35.9 Å². The van der Waals surface area contributed by atoms with Crippen molar-refractivity contribution in [2.24, 2.45) is 5.10 Å². The second kappa shape index (κ2) is 9.63. The van der Waals surface area contributed by atoms with Gasteiger partial charge in [-0.3, -0.25) is 9.59 Å². The topological polar surface area (TPSA) is 73.5 Å². The van der Waals surface area contributed by atoms with E-state index >= 15 is 0 Å². The van der Waals surface area contributed by atoms with Crippen molar-refractivity contribution < 1.29 is 22.7 Å². The van der Waals surface area contributed by atoms with Crippen LogP contribution >= 0.6 is 27.5 Å². The Morgan fingerprint density at radius 2 is 1.89 bits per heavy atom. The van der Waals surface area contributed by atoms with Crippen molar-refractivity contribution in [3.63, 3.8) is 0 Å². The minimum absolute atomic E-state index is 0.0595. The van der Waals surface area contributed by atoms with Crippen LogP contribution in [-0.4, -0.2) is 21.8 Å². The van der Waals surface area contributed by atoms with Crippen molar-refractivity contribution in [1.82, 2.24) is 9.66 Å². The number of hydrogen-bond acceptors (Lipinski definition) is 5. The third-order valence-electron chi connectivity index (χ3n) is 4.79. The van der Waals surface area contributed by atoms with Crippen LogP contribution in [0.2, 0.25) is 5.02 Å². The first kappa shape index (κ1) is 24.6. The summed E-state index contributed by atoms with van der Waals surface area (Å²) in [4.78, 5) is 28.9. The summed E-state index contributed by atoms with van der Waals surface area (Å²) in [5.41, 5.74) is -0.657. The molecule has 0 aliphatic rings. The molecule has 4 rings (SSSR count). The number of carbonyl (C=O) groups excluding carboxylic acids is 1. The summed E-state index contributed by atoms with van der Waals surface area (Å²) in [6.45, 7) is 1.23. The van der Waals surface area contributed by atoms with E-state index in [0.717, 1.165) is 16.8 Å². The van der Waals surface area contributed by atoms with Gasteiger partial charge in [-0.15, -0.1) is 0 Å². The second-order valence-electron chi connectivity index (χ2n) is 7.30. The van der Waals surface area contributed by atoms with E-state index in [1.165, 1.54) is 31.3 Å². The highest BCUT2D eigenvalue weighted by molar-refractivity contribution is 9.10. The molecule has 0 aliphatic heterocycles. The molecule has 0 spiro atoms. The maximum atomic E-state index is 13.3. The van der Waals surface area contributed by atoms with Gasteiger partial charge in [0.15, 0.2) is 11.6 Å². The lowest BCUT2D eigenvalue weighted by molar-refractivity contribution is -0.137. The van der Waals surface area contributed by atoms with Crippen molar-refractivity contribution >= 4 is 50.6 Å². The highest BCUT2D eigenvalue weighted by Gasteiger charge is 2.31. The maximum Gasteiger partial charge on any atom is 0.416 e. The molecule has 35 heavy (non-hydrogen) atoms. The monoisotopic (exact) mass is 563 g/mol. The lowest BCUT2D eigenvalue weighted by atomic mass is 10.1. The van der Waals surface area contributed by atoms with Gasteiger partial charge >= 0.3 is 12.1 Å². The lowest BCUT2D eigenvalue weighted by Crippen LogP contribution is -2.20. The molecule has 0 atom stereocenters. The summed E-state index contributed by atoms with van der Waals surface area (Å²) in [5.74, 6) is -0.517. The first-order chi connectivity index (χ1) is 16.5. The molecule has 0 radical (unpaired) electrons. The van der Waals surface area contributed by atoms with E-state index in [9.17, 15) is 22.8 Å². The highest BCUT2D eigenvalue weighted by atomic mass is 79.9. The van der Waals surface area contributed by atoms with Crippen LogP contribution in [0.5, 0.6) is 5.75 Å². The lowest BCUT2D eigenvalue weighted by Gasteiger charge is -2.12. The smallest absolute Gasteiger partial charge is 0.416 e. The van der Waals surface area contributed by atoms with E-state index in [0.29, 0.717) is 15.6 Å². The minimum atomic E-state index is -4.58. The molecular formula is C24H14BrClF3N3O3. The average Bonchev–Trinajstić information content (AvgIpc) is 2.80. The number of nitrogens with zero attached hydrogens (tertiary/aromatic N) is 3. The Labute approximate surface area is 209 Å². The summed E-state index contributed by atoms with van der Waals surface area (Å²) >= 11 is 9.47. The zero-order valence-corrected chi connectivity index (χ0v) is 20.1. The zero-order valence-electron chi connectivity index (χ0n) is 17.8. The molecule has 0 fully saturated rings. The van der Waals surface area contributed by atoms with Crippen molar-refractivity contribution in [3.8, 4) is 17.1 Å². The van der Waals surface area contributed by atoms with Gasteiger partial charge in [-0.2, -0.15) is 22.9 Å². The third kappa shape index (κ3) is 5.28. The Balaban J connectivity index is 1.88. The minimum Gasteiger partial charge on any atom is -0.424 e. The van der Waals surface area contributed by atoms with Gasteiger partial charge in [0, 0.05) is 12.5 Å². The number of para-hydroxylation sites is 1. The van der Waals surface area contributed by atoms with Crippen molar-refractivity contribution in [3.05, 3.63) is 91.6 Å². The molecule has 0 saturated heterocycles. The molecule has 0 bridgehead atoms. The van der Waals surface area contributed by atoms with Crippen LogP contribution in [-0.2, 0) is 11.0 Å². The fourth-order valence-corrected chi connectivity index (χ4v) is 4.21. The Hall–Kier alpha value is -3.50. The Bertz CT molecular complexity index is 1530. The molecule has 6 nitrogen and oxygen atoms in total. The molecule has 0 amide bonds. The number of esters is 1. The van der Waals surface area contributed by atoms with E-state index in [2.05, 4.69) is 26.0 Å². The van der Waals surface area contributed by atoms with Crippen LogP contribution in [0.1, 0.15) is 18.1 Å². The van der Waals surface area contributed by atoms with Crippen LogP contribution in [0.4, 0.5) is 13.2 Å². The summed E-state index contributed by atoms with van der Waals surface area (Å²) in [7, 11) is 0. The fourth-order valence-electron chi connectivity index (χ4n) is 3.27. The summed E-state index contributed by atoms with van der Waals surface area (Å²) in [6.07, 6.45) is -3.28. The van der Waals surface area contributed by atoms with Crippen molar-refractivity contribution in [2.75, 3.05) is 0 Å². The van der Waals surface area contributed by atoms with Gasteiger partial charge in [0.2, 0.25) is 0 Å². The number of halogens is 5. The van der Waals surface area contributed by atoms with Crippen LogP contribution in [0.25, 0.3) is 22.3 Å². The molecule has 178 valence electrons. The van der Waals surface area contributed by atoms with Gasteiger partial charge in [0.05, 0.1) is 32.2 Å². The van der Waals surface area contributed by atoms with Crippen LogP contribution < -0.4 is 10.3 Å². The predicted octanol–water partition coefficient (Wildman–Crippen LogP) is 6.31. The predicted molar refractivity (Wildman–Crippen MR) is 130 cm³/mol. The number of carbonyl (C=O) groups is 1.